The fraction of sp³-hybridized carbons (Fsp3) is 0.333. The smallest absolute Gasteiger partial charge is 0.273 e. The Labute approximate surface area is 83.5 Å². The van der Waals surface area contributed by atoms with Crippen LogP contribution >= 0.6 is 0 Å². The zero-order chi connectivity index (χ0) is 10.8. The zero-order valence-electron chi connectivity index (χ0n) is 7.79. The number of hydrogen-bond acceptors (Lipinski definition) is 3. The van der Waals surface area contributed by atoms with Gasteiger partial charge in [0.05, 0.1) is 0 Å². The third-order valence-corrected chi connectivity index (χ3v) is 3.27. The van der Waals surface area contributed by atoms with Gasteiger partial charge in [-0.05, 0) is 12.5 Å². The predicted octanol–water partition coefficient (Wildman–Crippen LogP) is 0.963. The second kappa shape index (κ2) is 4.08. The molecule has 0 radical (unpaired) electrons. The maximum absolute atomic E-state index is 11.0. The number of benzene rings is 1. The van der Waals surface area contributed by atoms with Gasteiger partial charge in [-0.2, -0.15) is 8.42 Å². The first-order valence-electron chi connectivity index (χ1n) is 4.19. The summed E-state index contributed by atoms with van der Waals surface area (Å²) in [6.07, 6.45) is 0. The van der Waals surface area contributed by atoms with Crippen LogP contribution in [0, 0.1) is 0 Å². The van der Waals surface area contributed by atoms with Crippen molar-refractivity contribution in [3.63, 3.8) is 0 Å². The molecular weight excluding hydrogens is 202 g/mol. The van der Waals surface area contributed by atoms with Crippen LogP contribution < -0.4 is 5.73 Å². The summed E-state index contributed by atoms with van der Waals surface area (Å²) in [6, 6.07) is 7.79. The van der Waals surface area contributed by atoms with E-state index in [1.165, 1.54) is 0 Å². The highest BCUT2D eigenvalue weighted by molar-refractivity contribution is 7.86. The van der Waals surface area contributed by atoms with E-state index in [1.807, 2.05) is 0 Å². The van der Waals surface area contributed by atoms with Crippen LogP contribution in [0.3, 0.4) is 0 Å². The van der Waals surface area contributed by atoms with E-state index in [9.17, 15) is 8.42 Å². The van der Waals surface area contributed by atoms with Crippen molar-refractivity contribution >= 4 is 10.1 Å². The van der Waals surface area contributed by atoms with Crippen LogP contribution in [0.5, 0.6) is 0 Å². The molecule has 0 aliphatic carbocycles. The Morgan fingerprint density at radius 3 is 2.14 bits per heavy atom. The van der Waals surface area contributed by atoms with Gasteiger partial charge in [-0.1, -0.05) is 30.3 Å². The van der Waals surface area contributed by atoms with Crippen LogP contribution in [0.15, 0.2) is 30.3 Å². The molecule has 0 aliphatic rings. The summed E-state index contributed by atoms with van der Waals surface area (Å²) in [5, 5.41) is -1.05. The molecule has 0 saturated carbocycles. The van der Waals surface area contributed by atoms with E-state index in [2.05, 4.69) is 0 Å². The zero-order valence-corrected chi connectivity index (χ0v) is 8.61. The quantitative estimate of drug-likeness (QED) is 0.736. The second-order valence-electron chi connectivity index (χ2n) is 3.21. The Morgan fingerprint density at radius 1 is 1.29 bits per heavy atom. The summed E-state index contributed by atoms with van der Waals surface area (Å²) in [7, 11) is -4.14. The molecule has 1 aromatic rings. The van der Waals surface area contributed by atoms with E-state index in [1.54, 1.807) is 37.3 Å². The molecule has 0 amide bonds. The van der Waals surface area contributed by atoms with E-state index in [0.29, 0.717) is 5.56 Å². The van der Waals surface area contributed by atoms with Crippen molar-refractivity contribution in [2.45, 2.75) is 18.2 Å². The van der Waals surface area contributed by atoms with Gasteiger partial charge >= 0.3 is 0 Å². The van der Waals surface area contributed by atoms with Gasteiger partial charge in [0.2, 0.25) is 0 Å². The highest BCUT2D eigenvalue weighted by Gasteiger charge is 2.28. The van der Waals surface area contributed by atoms with Gasteiger partial charge in [-0.25, -0.2) is 0 Å². The van der Waals surface area contributed by atoms with Crippen LogP contribution in [0.25, 0.3) is 0 Å². The molecule has 5 heteroatoms. The van der Waals surface area contributed by atoms with E-state index in [-0.39, 0.29) is 0 Å². The van der Waals surface area contributed by atoms with E-state index in [0.717, 1.165) is 0 Å². The molecule has 0 aliphatic heterocycles. The molecule has 0 heterocycles. The normalized spacial score (nSPS) is 16.2. The molecule has 14 heavy (non-hydrogen) atoms. The van der Waals surface area contributed by atoms with Crippen LogP contribution in [0.4, 0.5) is 0 Å². The van der Waals surface area contributed by atoms with Gasteiger partial charge < -0.3 is 5.73 Å². The van der Waals surface area contributed by atoms with Crippen molar-refractivity contribution < 1.29 is 13.0 Å². The first-order valence-corrected chi connectivity index (χ1v) is 5.70. The Bertz CT molecular complexity index is 386. The molecule has 2 unspecified atom stereocenters. The van der Waals surface area contributed by atoms with Gasteiger partial charge in [0.1, 0.15) is 5.25 Å². The fourth-order valence-corrected chi connectivity index (χ4v) is 2.43. The molecule has 0 fully saturated rings. The van der Waals surface area contributed by atoms with Crippen LogP contribution in [0.1, 0.15) is 17.7 Å². The van der Waals surface area contributed by atoms with Crippen LogP contribution in [0.2, 0.25) is 0 Å². The molecule has 0 saturated heterocycles. The Morgan fingerprint density at radius 2 is 1.79 bits per heavy atom. The minimum absolute atomic E-state index is 0.505. The number of nitrogens with two attached hydrogens (primary N) is 1. The summed E-state index contributed by atoms with van der Waals surface area (Å²) >= 11 is 0. The monoisotopic (exact) mass is 215 g/mol. The molecule has 0 aromatic heterocycles. The summed E-state index contributed by atoms with van der Waals surface area (Å²) in [5.41, 5.74) is 6.02. The van der Waals surface area contributed by atoms with Gasteiger partial charge in [0.25, 0.3) is 10.1 Å². The van der Waals surface area contributed by atoms with Crippen molar-refractivity contribution in [2.24, 2.45) is 5.73 Å². The Hall–Kier alpha value is -0.910. The molecule has 3 N–H and O–H groups in total. The van der Waals surface area contributed by atoms with Crippen LogP contribution in [-0.2, 0) is 10.1 Å². The SMILES string of the molecule is CC(N)C(c1ccccc1)S(=O)(=O)O. The molecule has 0 spiro atoms. The molecule has 2 atom stereocenters. The summed E-state index contributed by atoms with van der Waals surface area (Å²) < 4.78 is 31.1. The second-order valence-corrected chi connectivity index (χ2v) is 4.74. The lowest BCUT2D eigenvalue weighted by Gasteiger charge is -2.17. The van der Waals surface area contributed by atoms with Crippen molar-refractivity contribution in [2.75, 3.05) is 0 Å². The Kier molecular flexibility index (Phi) is 3.25. The summed E-state index contributed by atoms with van der Waals surface area (Å²) in [4.78, 5) is 0. The number of hydrogen-bond donors (Lipinski definition) is 2. The molecule has 0 bridgehead atoms. The average Bonchev–Trinajstić information content (AvgIpc) is 2.02. The van der Waals surface area contributed by atoms with E-state index >= 15 is 0 Å². The van der Waals surface area contributed by atoms with Gasteiger partial charge in [-0.15, -0.1) is 0 Å². The lowest BCUT2D eigenvalue weighted by molar-refractivity contribution is 0.458. The van der Waals surface area contributed by atoms with E-state index < -0.39 is 21.4 Å². The topological polar surface area (TPSA) is 80.4 Å². The number of rotatable bonds is 3. The lowest BCUT2D eigenvalue weighted by atomic mass is 10.1. The van der Waals surface area contributed by atoms with Crippen molar-refractivity contribution in [1.29, 1.82) is 0 Å². The molecule has 4 nitrogen and oxygen atoms in total. The van der Waals surface area contributed by atoms with Gasteiger partial charge in [0.15, 0.2) is 0 Å². The first kappa shape index (κ1) is 11.2. The summed E-state index contributed by atoms with van der Waals surface area (Å²) in [6.45, 7) is 1.55. The minimum Gasteiger partial charge on any atom is -0.326 e. The lowest BCUT2D eigenvalue weighted by Crippen LogP contribution is -2.30. The summed E-state index contributed by atoms with van der Waals surface area (Å²) in [5.74, 6) is 0. The molecule has 1 aromatic carbocycles. The average molecular weight is 215 g/mol. The third-order valence-electron chi connectivity index (χ3n) is 1.93. The predicted molar refractivity (Wildman–Crippen MR) is 54.4 cm³/mol. The first-order chi connectivity index (χ1) is 6.43. The van der Waals surface area contributed by atoms with Gasteiger partial charge in [-0.3, -0.25) is 4.55 Å². The van der Waals surface area contributed by atoms with E-state index in [4.69, 9.17) is 10.3 Å². The van der Waals surface area contributed by atoms with Crippen molar-refractivity contribution in [3.05, 3.63) is 35.9 Å². The molecule has 1 rings (SSSR count). The van der Waals surface area contributed by atoms with Gasteiger partial charge in [0, 0.05) is 6.04 Å². The standard InChI is InChI=1S/C9H13NO3S/c1-7(10)9(14(11,12)13)8-5-3-2-4-6-8/h2-7,9H,10H2,1H3,(H,11,12,13). The molecular formula is C9H13NO3S. The van der Waals surface area contributed by atoms with Crippen LogP contribution in [-0.4, -0.2) is 19.0 Å². The van der Waals surface area contributed by atoms with Crippen molar-refractivity contribution in [3.8, 4) is 0 Å². The third kappa shape index (κ3) is 2.54. The Balaban J connectivity index is 3.15. The maximum Gasteiger partial charge on any atom is 0.273 e. The fourth-order valence-electron chi connectivity index (χ4n) is 1.39. The maximum atomic E-state index is 11.0. The largest absolute Gasteiger partial charge is 0.326 e. The highest BCUT2D eigenvalue weighted by atomic mass is 32.2. The molecule has 78 valence electrons. The highest BCUT2D eigenvalue weighted by Crippen LogP contribution is 2.23. The van der Waals surface area contributed by atoms with Crippen molar-refractivity contribution in [1.82, 2.24) is 0 Å². The minimum atomic E-state index is -4.14.